The van der Waals surface area contributed by atoms with Gasteiger partial charge in [0.1, 0.15) is 0 Å². The number of hydrogen-bond donors (Lipinski definition) is 0. The highest BCUT2D eigenvalue weighted by Crippen LogP contribution is 2.34. The normalized spacial score (nSPS) is 12.7. The Morgan fingerprint density at radius 2 is 1.67 bits per heavy atom. The summed E-state index contributed by atoms with van der Waals surface area (Å²) in [5.41, 5.74) is 3.52. The molecule has 2 aromatic rings. The molecular formula is C17H17Cl. The summed E-state index contributed by atoms with van der Waals surface area (Å²) in [5, 5.41) is 0.751. The highest BCUT2D eigenvalue weighted by molar-refractivity contribution is 6.30. The fraction of sp³-hybridized carbons (Fsp3) is 0.176. The van der Waals surface area contributed by atoms with Gasteiger partial charge in [0.15, 0.2) is 0 Å². The van der Waals surface area contributed by atoms with Gasteiger partial charge in [-0.15, -0.1) is 0 Å². The zero-order valence-electron chi connectivity index (χ0n) is 10.6. The molecule has 2 unspecified atom stereocenters. The highest BCUT2D eigenvalue weighted by Gasteiger charge is 2.15. The van der Waals surface area contributed by atoms with E-state index in [1.54, 1.807) is 0 Å². The SMILES string of the molecule is [CH2]C(C)C([CH2])c1ccc(Cl)cc1-c1ccccc1. The lowest BCUT2D eigenvalue weighted by atomic mass is 9.85. The van der Waals surface area contributed by atoms with Gasteiger partial charge in [-0.1, -0.05) is 54.9 Å². The summed E-state index contributed by atoms with van der Waals surface area (Å²) in [4.78, 5) is 0. The first kappa shape index (κ1) is 13.2. The molecule has 0 spiro atoms. The van der Waals surface area contributed by atoms with E-state index in [2.05, 4.69) is 39.0 Å². The van der Waals surface area contributed by atoms with Crippen molar-refractivity contribution in [3.8, 4) is 11.1 Å². The first-order chi connectivity index (χ1) is 8.59. The Bertz CT molecular complexity index is 514. The van der Waals surface area contributed by atoms with Crippen LogP contribution in [0.15, 0.2) is 48.5 Å². The van der Waals surface area contributed by atoms with E-state index >= 15 is 0 Å². The van der Waals surface area contributed by atoms with Crippen LogP contribution >= 0.6 is 11.6 Å². The second-order valence-corrected chi connectivity index (χ2v) is 5.12. The van der Waals surface area contributed by atoms with Gasteiger partial charge >= 0.3 is 0 Å². The van der Waals surface area contributed by atoms with E-state index in [4.69, 9.17) is 11.6 Å². The van der Waals surface area contributed by atoms with Gasteiger partial charge in [-0.3, -0.25) is 0 Å². The van der Waals surface area contributed by atoms with Gasteiger partial charge < -0.3 is 0 Å². The van der Waals surface area contributed by atoms with Crippen LogP contribution in [0.25, 0.3) is 11.1 Å². The maximum absolute atomic E-state index is 6.11. The zero-order chi connectivity index (χ0) is 13.1. The highest BCUT2D eigenvalue weighted by atomic mass is 35.5. The lowest BCUT2D eigenvalue weighted by molar-refractivity contribution is 0.636. The third-order valence-corrected chi connectivity index (χ3v) is 3.42. The van der Waals surface area contributed by atoms with Crippen molar-refractivity contribution in [2.75, 3.05) is 0 Å². The van der Waals surface area contributed by atoms with Crippen molar-refractivity contribution in [2.24, 2.45) is 5.92 Å². The van der Waals surface area contributed by atoms with E-state index < -0.39 is 0 Å². The second kappa shape index (κ2) is 5.58. The van der Waals surface area contributed by atoms with Crippen LogP contribution in [0.2, 0.25) is 5.02 Å². The summed E-state index contributed by atoms with van der Waals surface area (Å²) >= 11 is 6.11. The predicted octanol–water partition coefficient (Wildman–Crippen LogP) is 5.39. The van der Waals surface area contributed by atoms with Gasteiger partial charge in [0.2, 0.25) is 0 Å². The van der Waals surface area contributed by atoms with Crippen LogP contribution in [-0.4, -0.2) is 0 Å². The first-order valence-electron chi connectivity index (χ1n) is 6.10. The maximum atomic E-state index is 6.11. The molecule has 0 aromatic heterocycles. The molecule has 0 aliphatic carbocycles. The summed E-state index contributed by atoms with van der Waals surface area (Å²) in [7, 11) is 0. The fourth-order valence-electron chi connectivity index (χ4n) is 2.03. The molecule has 2 aromatic carbocycles. The van der Waals surface area contributed by atoms with Crippen LogP contribution in [0.4, 0.5) is 0 Å². The van der Waals surface area contributed by atoms with Crippen molar-refractivity contribution in [3.63, 3.8) is 0 Å². The average molecular weight is 257 g/mol. The Morgan fingerprint density at radius 3 is 2.28 bits per heavy atom. The molecule has 0 saturated carbocycles. The summed E-state index contributed by atoms with van der Waals surface area (Å²) in [6, 6.07) is 16.3. The Kier molecular flexibility index (Phi) is 4.08. The molecule has 0 fully saturated rings. The van der Waals surface area contributed by atoms with Crippen LogP contribution in [0.3, 0.4) is 0 Å². The third-order valence-electron chi connectivity index (χ3n) is 3.19. The molecule has 92 valence electrons. The van der Waals surface area contributed by atoms with E-state index in [0.717, 1.165) is 10.6 Å². The molecule has 1 heteroatoms. The third kappa shape index (κ3) is 2.76. The molecular weight excluding hydrogens is 240 g/mol. The number of hydrogen-bond acceptors (Lipinski definition) is 0. The van der Waals surface area contributed by atoms with Crippen LogP contribution < -0.4 is 0 Å². The average Bonchev–Trinajstić information content (AvgIpc) is 2.39. The minimum absolute atomic E-state index is 0.164. The Labute approximate surface area is 115 Å². The largest absolute Gasteiger partial charge is 0.0843 e. The van der Waals surface area contributed by atoms with Crippen LogP contribution in [0.1, 0.15) is 18.4 Å². The van der Waals surface area contributed by atoms with E-state index in [1.165, 1.54) is 11.1 Å². The summed E-state index contributed by atoms with van der Waals surface area (Å²) < 4.78 is 0. The topological polar surface area (TPSA) is 0 Å². The first-order valence-corrected chi connectivity index (χ1v) is 6.48. The van der Waals surface area contributed by atoms with Crippen LogP contribution in [-0.2, 0) is 0 Å². The summed E-state index contributed by atoms with van der Waals surface area (Å²) in [5.74, 6) is 0.422. The standard InChI is InChI=1S/C17H17Cl/c1-12(2)13(3)16-10-9-15(18)11-17(16)14-7-5-4-6-8-14/h4-13H,1,3H2,2H3. The predicted molar refractivity (Wildman–Crippen MR) is 79.5 cm³/mol. The van der Waals surface area contributed by atoms with Gasteiger partial charge in [0, 0.05) is 5.02 Å². The molecule has 2 rings (SSSR count). The minimum Gasteiger partial charge on any atom is -0.0843 e. The van der Waals surface area contributed by atoms with Crippen molar-refractivity contribution in [3.05, 3.63) is 73.0 Å². The molecule has 2 radical (unpaired) electrons. The quantitative estimate of drug-likeness (QED) is 0.690. The van der Waals surface area contributed by atoms with E-state index in [-0.39, 0.29) is 11.8 Å². The number of benzene rings is 2. The molecule has 0 aliphatic rings. The second-order valence-electron chi connectivity index (χ2n) is 4.68. The minimum atomic E-state index is 0.164. The fourth-order valence-corrected chi connectivity index (χ4v) is 2.20. The zero-order valence-corrected chi connectivity index (χ0v) is 11.3. The Balaban J connectivity index is 2.55. The Hall–Kier alpha value is -1.27. The van der Waals surface area contributed by atoms with Crippen molar-refractivity contribution in [1.29, 1.82) is 0 Å². The molecule has 0 N–H and O–H groups in total. The molecule has 0 saturated heterocycles. The van der Waals surface area contributed by atoms with Gasteiger partial charge in [-0.05, 0) is 54.5 Å². The number of halogens is 1. The lowest BCUT2D eigenvalue weighted by Crippen LogP contribution is -2.04. The van der Waals surface area contributed by atoms with Crippen molar-refractivity contribution < 1.29 is 0 Å². The van der Waals surface area contributed by atoms with Gasteiger partial charge in [-0.2, -0.15) is 0 Å². The number of rotatable bonds is 3. The van der Waals surface area contributed by atoms with E-state index in [9.17, 15) is 0 Å². The maximum Gasteiger partial charge on any atom is 0.0412 e. The van der Waals surface area contributed by atoms with Crippen LogP contribution in [0, 0.1) is 19.8 Å². The summed E-state index contributed by atoms with van der Waals surface area (Å²) in [6.07, 6.45) is 0. The molecule has 0 nitrogen and oxygen atoms in total. The van der Waals surface area contributed by atoms with Gasteiger partial charge in [-0.25, -0.2) is 0 Å². The molecule has 18 heavy (non-hydrogen) atoms. The van der Waals surface area contributed by atoms with E-state index in [1.807, 2.05) is 30.3 Å². The lowest BCUT2D eigenvalue weighted by Gasteiger charge is -2.20. The molecule has 0 bridgehead atoms. The van der Waals surface area contributed by atoms with Gasteiger partial charge in [0.25, 0.3) is 0 Å². The molecule has 2 atom stereocenters. The Morgan fingerprint density at radius 1 is 1.00 bits per heavy atom. The summed E-state index contributed by atoms with van der Waals surface area (Å²) in [6.45, 7) is 10.4. The van der Waals surface area contributed by atoms with E-state index in [0.29, 0.717) is 0 Å². The van der Waals surface area contributed by atoms with Gasteiger partial charge in [0.05, 0.1) is 0 Å². The molecule has 0 heterocycles. The van der Waals surface area contributed by atoms with Crippen LogP contribution in [0.5, 0.6) is 0 Å². The van der Waals surface area contributed by atoms with Crippen molar-refractivity contribution in [1.82, 2.24) is 0 Å². The molecule has 0 amide bonds. The monoisotopic (exact) mass is 256 g/mol. The van der Waals surface area contributed by atoms with Crippen molar-refractivity contribution in [2.45, 2.75) is 12.8 Å². The smallest absolute Gasteiger partial charge is 0.0412 e. The van der Waals surface area contributed by atoms with Crippen molar-refractivity contribution >= 4 is 11.6 Å². The molecule has 0 aliphatic heterocycles.